The molecule has 1 aromatic heterocycles. The molecule has 0 bridgehead atoms. The topological polar surface area (TPSA) is 105 Å². The van der Waals surface area contributed by atoms with E-state index >= 15 is 0 Å². The normalized spacial score (nSPS) is 10.8. The summed E-state index contributed by atoms with van der Waals surface area (Å²) in [6.07, 6.45) is 0. The van der Waals surface area contributed by atoms with Crippen LogP contribution in [-0.4, -0.2) is 35.2 Å². The van der Waals surface area contributed by atoms with Crippen LogP contribution in [0.5, 0.6) is 5.75 Å². The van der Waals surface area contributed by atoms with Crippen molar-refractivity contribution >= 4 is 29.2 Å². The minimum atomic E-state index is -1.12. The van der Waals surface area contributed by atoms with Crippen LogP contribution in [0.4, 0.5) is 4.79 Å². The molecular weight excluding hydrogens is 284 g/mol. The molecule has 0 aliphatic heterocycles. The van der Waals surface area contributed by atoms with Gasteiger partial charge in [-0.15, -0.1) is 11.3 Å². The Balaban J connectivity index is 2.46. The Labute approximate surface area is 119 Å². The second-order valence-corrected chi connectivity index (χ2v) is 5.88. The number of imide groups is 1. The van der Waals surface area contributed by atoms with Gasteiger partial charge in [-0.25, -0.2) is 9.59 Å². The summed E-state index contributed by atoms with van der Waals surface area (Å²) in [6.45, 7) is 4.89. The average Bonchev–Trinajstić information content (AvgIpc) is 2.71. The van der Waals surface area contributed by atoms with Gasteiger partial charge in [0, 0.05) is 5.54 Å². The summed E-state index contributed by atoms with van der Waals surface area (Å²) >= 11 is 0.996. The fourth-order valence-corrected chi connectivity index (χ4v) is 1.92. The van der Waals surface area contributed by atoms with E-state index in [0.29, 0.717) is 0 Å². The summed E-state index contributed by atoms with van der Waals surface area (Å²) < 4.78 is 5.07. The second kappa shape index (κ2) is 6.38. The lowest BCUT2D eigenvalue weighted by atomic mass is 10.1. The Morgan fingerprint density at radius 2 is 2.00 bits per heavy atom. The number of amides is 3. The minimum Gasteiger partial charge on any atom is -0.482 e. The Morgan fingerprint density at radius 3 is 2.55 bits per heavy atom. The maximum atomic E-state index is 11.5. The molecule has 0 saturated heterocycles. The number of nitrogens with one attached hydrogen (secondary N) is 2. The number of carboxylic acids is 1. The fourth-order valence-electron chi connectivity index (χ4n) is 1.24. The van der Waals surface area contributed by atoms with Crippen LogP contribution in [0, 0.1) is 0 Å². The molecule has 0 atom stereocenters. The number of rotatable bonds is 4. The van der Waals surface area contributed by atoms with Crippen LogP contribution in [0.15, 0.2) is 11.4 Å². The van der Waals surface area contributed by atoms with Crippen LogP contribution >= 0.6 is 11.3 Å². The van der Waals surface area contributed by atoms with E-state index in [1.807, 2.05) is 0 Å². The van der Waals surface area contributed by atoms with E-state index in [1.54, 1.807) is 26.2 Å². The van der Waals surface area contributed by atoms with Crippen LogP contribution in [0.3, 0.4) is 0 Å². The van der Waals surface area contributed by atoms with Gasteiger partial charge in [0.25, 0.3) is 5.91 Å². The first kappa shape index (κ1) is 16.0. The van der Waals surface area contributed by atoms with Crippen LogP contribution < -0.4 is 15.4 Å². The van der Waals surface area contributed by atoms with Gasteiger partial charge >= 0.3 is 12.0 Å². The Bertz CT molecular complexity index is 518. The molecule has 3 amide bonds. The molecule has 8 heteroatoms. The van der Waals surface area contributed by atoms with Crippen molar-refractivity contribution in [3.8, 4) is 5.75 Å². The third-order valence-corrected chi connectivity index (χ3v) is 2.81. The quantitative estimate of drug-likeness (QED) is 0.780. The van der Waals surface area contributed by atoms with Gasteiger partial charge in [-0.3, -0.25) is 10.1 Å². The maximum absolute atomic E-state index is 11.5. The van der Waals surface area contributed by atoms with Gasteiger partial charge in [-0.2, -0.15) is 0 Å². The molecule has 0 fully saturated rings. The van der Waals surface area contributed by atoms with E-state index in [0.717, 1.165) is 11.3 Å². The molecule has 0 aromatic carbocycles. The lowest BCUT2D eigenvalue weighted by Crippen LogP contribution is -2.49. The number of aromatic carboxylic acids is 1. The van der Waals surface area contributed by atoms with E-state index < -0.39 is 30.1 Å². The van der Waals surface area contributed by atoms with E-state index in [1.165, 1.54) is 6.07 Å². The third kappa shape index (κ3) is 5.27. The first-order valence-corrected chi connectivity index (χ1v) is 6.62. The molecular formula is C12H16N2O5S. The zero-order chi connectivity index (χ0) is 15.3. The average molecular weight is 300 g/mol. The smallest absolute Gasteiger partial charge is 0.349 e. The van der Waals surface area contributed by atoms with Crippen LogP contribution in [0.2, 0.25) is 0 Å². The van der Waals surface area contributed by atoms with Crippen molar-refractivity contribution in [2.75, 3.05) is 6.61 Å². The second-order valence-electron chi connectivity index (χ2n) is 4.96. The molecule has 0 aliphatic rings. The van der Waals surface area contributed by atoms with E-state index in [4.69, 9.17) is 9.84 Å². The maximum Gasteiger partial charge on any atom is 0.349 e. The van der Waals surface area contributed by atoms with Crippen molar-refractivity contribution in [3.63, 3.8) is 0 Å². The highest BCUT2D eigenvalue weighted by molar-refractivity contribution is 7.12. The van der Waals surface area contributed by atoms with Gasteiger partial charge in [0.15, 0.2) is 11.5 Å². The highest BCUT2D eigenvalue weighted by atomic mass is 32.1. The van der Waals surface area contributed by atoms with Gasteiger partial charge in [0.1, 0.15) is 5.75 Å². The summed E-state index contributed by atoms with van der Waals surface area (Å²) in [7, 11) is 0. The number of carbonyl (C=O) groups is 3. The number of carboxylic acid groups (broad SMARTS) is 1. The summed E-state index contributed by atoms with van der Waals surface area (Å²) in [6, 6.07) is 0.825. The molecule has 0 radical (unpaired) electrons. The first-order chi connectivity index (χ1) is 9.19. The molecule has 7 nitrogen and oxygen atoms in total. The largest absolute Gasteiger partial charge is 0.482 e. The van der Waals surface area contributed by atoms with E-state index in [9.17, 15) is 14.4 Å². The number of urea groups is 1. The molecule has 3 N–H and O–H groups in total. The van der Waals surface area contributed by atoms with E-state index in [-0.39, 0.29) is 10.6 Å². The molecule has 0 unspecified atom stereocenters. The molecule has 20 heavy (non-hydrogen) atoms. The van der Waals surface area contributed by atoms with Crippen molar-refractivity contribution in [1.82, 2.24) is 10.6 Å². The number of thiophene rings is 1. The highest BCUT2D eigenvalue weighted by Crippen LogP contribution is 2.24. The molecule has 0 spiro atoms. The number of carbonyl (C=O) groups excluding carboxylic acids is 2. The van der Waals surface area contributed by atoms with Crippen molar-refractivity contribution in [2.45, 2.75) is 26.3 Å². The van der Waals surface area contributed by atoms with Crippen LogP contribution in [-0.2, 0) is 4.79 Å². The predicted octanol–water partition coefficient (Wildman–Crippen LogP) is 1.45. The molecule has 0 saturated carbocycles. The SMILES string of the molecule is CC(C)(C)NC(=O)NC(=O)COc1ccsc1C(=O)O. The predicted molar refractivity (Wildman–Crippen MR) is 73.2 cm³/mol. The zero-order valence-electron chi connectivity index (χ0n) is 11.4. The van der Waals surface area contributed by atoms with Crippen molar-refractivity contribution < 1.29 is 24.2 Å². The van der Waals surface area contributed by atoms with Gasteiger partial charge in [0.2, 0.25) is 0 Å². The van der Waals surface area contributed by atoms with Crippen LogP contribution in [0.25, 0.3) is 0 Å². The summed E-state index contributed by atoms with van der Waals surface area (Å²) in [5.41, 5.74) is -0.463. The number of hydrogen-bond donors (Lipinski definition) is 3. The van der Waals surface area contributed by atoms with Crippen molar-refractivity contribution in [3.05, 3.63) is 16.3 Å². The molecule has 1 heterocycles. The monoisotopic (exact) mass is 300 g/mol. The van der Waals surface area contributed by atoms with Crippen LogP contribution in [0.1, 0.15) is 30.4 Å². The standard InChI is InChI=1S/C12H16N2O5S/c1-12(2,3)14-11(18)13-8(15)6-19-7-4-5-20-9(7)10(16)17/h4-5H,6H2,1-3H3,(H,16,17)(H2,13,14,15,18). The lowest BCUT2D eigenvalue weighted by Gasteiger charge is -2.20. The Morgan fingerprint density at radius 1 is 1.35 bits per heavy atom. The summed E-state index contributed by atoms with van der Waals surface area (Å²) in [5.74, 6) is -1.68. The highest BCUT2D eigenvalue weighted by Gasteiger charge is 2.17. The van der Waals surface area contributed by atoms with Gasteiger partial charge in [-0.1, -0.05) is 0 Å². The Kier molecular flexibility index (Phi) is 5.09. The number of hydrogen-bond acceptors (Lipinski definition) is 5. The van der Waals surface area contributed by atoms with Gasteiger partial charge in [-0.05, 0) is 32.2 Å². The van der Waals surface area contributed by atoms with Gasteiger partial charge < -0.3 is 15.2 Å². The lowest BCUT2D eigenvalue weighted by molar-refractivity contribution is -0.122. The first-order valence-electron chi connectivity index (χ1n) is 5.74. The third-order valence-electron chi connectivity index (χ3n) is 1.92. The minimum absolute atomic E-state index is 0.0111. The summed E-state index contributed by atoms with van der Waals surface area (Å²) in [4.78, 5) is 33.7. The zero-order valence-corrected chi connectivity index (χ0v) is 12.2. The molecule has 110 valence electrons. The molecule has 1 rings (SSSR count). The fraction of sp³-hybridized carbons (Fsp3) is 0.417. The molecule has 0 aliphatic carbocycles. The Hall–Kier alpha value is -2.09. The number of ether oxygens (including phenoxy) is 1. The van der Waals surface area contributed by atoms with E-state index in [2.05, 4.69) is 10.6 Å². The van der Waals surface area contributed by atoms with Gasteiger partial charge in [0.05, 0.1) is 0 Å². The van der Waals surface area contributed by atoms with Crippen molar-refractivity contribution in [2.24, 2.45) is 0 Å². The van der Waals surface area contributed by atoms with Crippen molar-refractivity contribution in [1.29, 1.82) is 0 Å². The summed E-state index contributed by atoms with van der Waals surface area (Å²) in [5, 5.41) is 15.0. The molecule has 1 aromatic rings.